The molecule has 116 valence electrons. The number of benzene rings is 2. The molecule has 0 spiro atoms. The molecule has 4 heteroatoms. The van der Waals surface area contributed by atoms with E-state index in [1.807, 2.05) is 73.1 Å². The molecule has 0 aliphatic heterocycles. The fraction of sp³-hybridized carbons (Fsp3) is 0.105. The number of carbonyl (C=O) groups is 1. The van der Waals surface area contributed by atoms with Gasteiger partial charge in [-0.2, -0.15) is 0 Å². The third-order valence-electron chi connectivity index (χ3n) is 3.71. The Morgan fingerprint density at radius 2 is 1.65 bits per heavy atom. The van der Waals surface area contributed by atoms with Crippen molar-refractivity contribution in [3.8, 4) is 0 Å². The van der Waals surface area contributed by atoms with Crippen molar-refractivity contribution in [2.24, 2.45) is 7.05 Å². The summed E-state index contributed by atoms with van der Waals surface area (Å²) in [5.74, 6) is -0.0956. The lowest BCUT2D eigenvalue weighted by molar-refractivity contribution is 0.101. The van der Waals surface area contributed by atoms with Gasteiger partial charge < -0.3 is 9.88 Å². The molecule has 1 aromatic heterocycles. The number of carbonyl (C=O) groups excluding carboxylic acids is 1. The summed E-state index contributed by atoms with van der Waals surface area (Å²) in [7, 11) is 1.90. The van der Waals surface area contributed by atoms with Gasteiger partial charge in [-0.15, -0.1) is 0 Å². The van der Waals surface area contributed by atoms with E-state index in [9.17, 15) is 4.79 Å². The lowest BCUT2D eigenvalue weighted by atomic mass is 10.3. The van der Waals surface area contributed by atoms with Gasteiger partial charge in [0.05, 0.1) is 5.69 Å². The Bertz CT molecular complexity index is 824. The topological polar surface area (TPSA) is 34.0 Å². The molecule has 0 unspecified atom stereocenters. The third kappa shape index (κ3) is 3.48. The first kappa shape index (κ1) is 15.4. The van der Waals surface area contributed by atoms with Crippen LogP contribution < -0.4 is 5.32 Å². The van der Waals surface area contributed by atoms with E-state index in [-0.39, 0.29) is 5.91 Å². The number of rotatable bonds is 4. The van der Waals surface area contributed by atoms with E-state index < -0.39 is 0 Å². The Kier molecular flexibility index (Phi) is 4.53. The minimum absolute atomic E-state index is 0.0956. The summed E-state index contributed by atoms with van der Waals surface area (Å²) in [6.07, 6.45) is 0. The maximum Gasteiger partial charge on any atom is 0.272 e. The zero-order valence-corrected chi connectivity index (χ0v) is 13.9. The summed E-state index contributed by atoms with van der Waals surface area (Å²) in [5.41, 5.74) is 2.54. The van der Waals surface area contributed by atoms with Gasteiger partial charge in [0.15, 0.2) is 0 Å². The predicted molar refractivity (Wildman–Crippen MR) is 95.1 cm³/mol. The van der Waals surface area contributed by atoms with Crippen molar-refractivity contribution in [3.63, 3.8) is 0 Å². The van der Waals surface area contributed by atoms with Crippen LogP contribution in [0.5, 0.6) is 0 Å². The maximum atomic E-state index is 12.5. The Hall–Kier alpha value is -2.46. The zero-order chi connectivity index (χ0) is 16.2. The van der Waals surface area contributed by atoms with Gasteiger partial charge in [0.2, 0.25) is 0 Å². The lowest BCUT2D eigenvalue weighted by Gasteiger charge is -2.11. The number of hydrogen-bond donors (Lipinski definition) is 1. The third-order valence-corrected chi connectivity index (χ3v) is 4.80. The van der Waals surface area contributed by atoms with E-state index >= 15 is 0 Å². The van der Waals surface area contributed by atoms with Gasteiger partial charge in [0.25, 0.3) is 5.91 Å². The molecule has 0 bridgehead atoms. The molecule has 0 aliphatic rings. The van der Waals surface area contributed by atoms with Crippen molar-refractivity contribution in [2.75, 3.05) is 5.32 Å². The van der Waals surface area contributed by atoms with Gasteiger partial charge >= 0.3 is 0 Å². The highest BCUT2D eigenvalue weighted by Crippen LogP contribution is 2.33. The molecule has 3 nitrogen and oxygen atoms in total. The number of para-hydroxylation sites is 1. The standard InChI is InChI=1S/C19H18N2OS/c1-14-12-13-17(21(14)2)19(22)20-16-10-6-7-11-18(16)23-15-8-4-3-5-9-15/h3-13H,1-2H3,(H,20,22). The van der Waals surface area contributed by atoms with Gasteiger partial charge in [-0.25, -0.2) is 0 Å². The Labute approximate surface area is 140 Å². The maximum absolute atomic E-state index is 12.5. The molecule has 0 radical (unpaired) electrons. The largest absolute Gasteiger partial charge is 0.344 e. The summed E-state index contributed by atoms with van der Waals surface area (Å²) in [6, 6.07) is 21.8. The zero-order valence-electron chi connectivity index (χ0n) is 13.1. The summed E-state index contributed by atoms with van der Waals surface area (Å²) >= 11 is 1.64. The van der Waals surface area contributed by atoms with E-state index in [2.05, 4.69) is 17.4 Å². The highest BCUT2D eigenvalue weighted by atomic mass is 32.2. The smallest absolute Gasteiger partial charge is 0.272 e. The average Bonchev–Trinajstić information content (AvgIpc) is 2.90. The minimum atomic E-state index is -0.0956. The molecule has 23 heavy (non-hydrogen) atoms. The molecule has 3 rings (SSSR count). The van der Waals surface area contributed by atoms with Crippen LogP contribution in [0.25, 0.3) is 0 Å². The van der Waals surface area contributed by atoms with Crippen molar-refractivity contribution in [3.05, 3.63) is 78.1 Å². The fourth-order valence-electron chi connectivity index (χ4n) is 2.30. The summed E-state index contributed by atoms with van der Waals surface area (Å²) in [5, 5.41) is 3.02. The molecular formula is C19H18N2OS. The van der Waals surface area contributed by atoms with Crippen molar-refractivity contribution in [2.45, 2.75) is 16.7 Å². The van der Waals surface area contributed by atoms with E-state index in [1.54, 1.807) is 11.8 Å². The second kappa shape index (κ2) is 6.75. The first-order valence-corrected chi connectivity index (χ1v) is 8.22. The highest BCUT2D eigenvalue weighted by molar-refractivity contribution is 7.99. The SMILES string of the molecule is Cc1ccc(C(=O)Nc2ccccc2Sc2ccccc2)n1C. The average molecular weight is 322 g/mol. The lowest BCUT2D eigenvalue weighted by Crippen LogP contribution is -2.16. The molecular weight excluding hydrogens is 304 g/mol. The van der Waals surface area contributed by atoms with Crippen LogP contribution in [0.15, 0.2) is 76.5 Å². The first-order valence-electron chi connectivity index (χ1n) is 7.41. The second-order valence-electron chi connectivity index (χ2n) is 5.28. The van der Waals surface area contributed by atoms with Crippen LogP contribution in [0.1, 0.15) is 16.2 Å². The number of aromatic nitrogens is 1. The molecule has 0 saturated carbocycles. The van der Waals surface area contributed by atoms with E-state index in [0.717, 1.165) is 21.2 Å². The van der Waals surface area contributed by atoms with Crippen LogP contribution in [-0.2, 0) is 7.05 Å². The number of nitrogens with one attached hydrogen (secondary N) is 1. The summed E-state index contributed by atoms with van der Waals surface area (Å²) < 4.78 is 1.89. The van der Waals surface area contributed by atoms with Gasteiger partial charge in [0, 0.05) is 22.5 Å². The van der Waals surface area contributed by atoms with E-state index in [0.29, 0.717) is 5.69 Å². The normalized spacial score (nSPS) is 10.5. The Morgan fingerprint density at radius 1 is 0.957 bits per heavy atom. The highest BCUT2D eigenvalue weighted by Gasteiger charge is 2.13. The molecule has 0 fully saturated rings. The molecule has 0 saturated heterocycles. The monoisotopic (exact) mass is 322 g/mol. The molecule has 1 amide bonds. The van der Waals surface area contributed by atoms with Crippen LogP contribution in [0.3, 0.4) is 0 Å². The van der Waals surface area contributed by atoms with Crippen molar-refractivity contribution in [1.82, 2.24) is 4.57 Å². The van der Waals surface area contributed by atoms with Crippen molar-refractivity contribution in [1.29, 1.82) is 0 Å². The predicted octanol–water partition coefficient (Wildman–Crippen LogP) is 4.74. The first-order chi connectivity index (χ1) is 11.1. The molecule has 2 aromatic carbocycles. The molecule has 3 aromatic rings. The number of anilines is 1. The number of hydrogen-bond acceptors (Lipinski definition) is 2. The number of aryl methyl sites for hydroxylation is 1. The van der Waals surface area contributed by atoms with Gasteiger partial charge in [-0.05, 0) is 43.3 Å². The number of amides is 1. The van der Waals surface area contributed by atoms with E-state index in [1.165, 1.54) is 0 Å². The second-order valence-corrected chi connectivity index (χ2v) is 6.40. The van der Waals surface area contributed by atoms with Gasteiger partial charge in [-0.3, -0.25) is 4.79 Å². The molecule has 0 aliphatic carbocycles. The van der Waals surface area contributed by atoms with Crippen LogP contribution in [0.4, 0.5) is 5.69 Å². The van der Waals surface area contributed by atoms with Crippen LogP contribution in [0, 0.1) is 6.92 Å². The van der Waals surface area contributed by atoms with Gasteiger partial charge in [0.1, 0.15) is 5.69 Å². The van der Waals surface area contributed by atoms with Crippen molar-refractivity contribution >= 4 is 23.4 Å². The Morgan fingerprint density at radius 3 is 2.35 bits per heavy atom. The summed E-state index contributed by atoms with van der Waals surface area (Å²) in [4.78, 5) is 14.7. The van der Waals surface area contributed by atoms with E-state index in [4.69, 9.17) is 0 Å². The van der Waals surface area contributed by atoms with Crippen LogP contribution in [0.2, 0.25) is 0 Å². The van der Waals surface area contributed by atoms with Gasteiger partial charge in [-0.1, -0.05) is 42.1 Å². The molecule has 1 heterocycles. The van der Waals surface area contributed by atoms with Crippen LogP contribution >= 0.6 is 11.8 Å². The number of nitrogens with zero attached hydrogens (tertiary/aromatic N) is 1. The fourth-order valence-corrected chi connectivity index (χ4v) is 3.22. The van der Waals surface area contributed by atoms with Crippen LogP contribution in [-0.4, -0.2) is 10.5 Å². The minimum Gasteiger partial charge on any atom is -0.344 e. The molecule has 0 atom stereocenters. The quantitative estimate of drug-likeness (QED) is 0.753. The summed E-state index contributed by atoms with van der Waals surface area (Å²) in [6.45, 7) is 1.98. The molecule has 1 N–H and O–H groups in total. The van der Waals surface area contributed by atoms with Crippen molar-refractivity contribution < 1.29 is 4.79 Å². The Balaban J connectivity index is 1.83.